The normalized spacial score (nSPS) is 12.6. The van der Waals surface area contributed by atoms with E-state index in [2.05, 4.69) is 61.7 Å². The summed E-state index contributed by atoms with van der Waals surface area (Å²) in [5, 5.41) is 20.3. The van der Waals surface area contributed by atoms with Crippen molar-refractivity contribution in [2.75, 3.05) is 6.54 Å². The van der Waals surface area contributed by atoms with E-state index in [-0.39, 0.29) is 6.04 Å². The highest BCUT2D eigenvalue weighted by Crippen LogP contribution is 2.28. The Hall–Kier alpha value is -1.34. The van der Waals surface area contributed by atoms with Crippen LogP contribution in [0.25, 0.3) is 0 Å². The molecular weight excluding hydrogens is 332 g/mol. The van der Waals surface area contributed by atoms with Crippen LogP contribution >= 0.6 is 15.9 Å². The fourth-order valence-corrected chi connectivity index (χ4v) is 2.90. The van der Waals surface area contributed by atoms with Gasteiger partial charge in [-0.15, -0.1) is 5.10 Å². The van der Waals surface area contributed by atoms with Crippen LogP contribution in [0.3, 0.4) is 0 Å². The fraction of sp³-hybridized carbons (Fsp3) is 0.571. The Morgan fingerprint density at radius 1 is 1.29 bits per heavy atom. The third-order valence-corrected chi connectivity index (χ3v) is 3.94. The van der Waals surface area contributed by atoms with Gasteiger partial charge in [-0.05, 0) is 48.3 Å². The average Bonchev–Trinajstić information content (AvgIpc) is 2.80. The van der Waals surface area contributed by atoms with Crippen molar-refractivity contribution in [2.45, 2.75) is 39.7 Å². The van der Waals surface area contributed by atoms with E-state index in [1.807, 2.05) is 14.0 Å². The van der Waals surface area contributed by atoms with Crippen molar-refractivity contribution < 1.29 is 0 Å². The summed E-state index contributed by atoms with van der Waals surface area (Å²) in [5.41, 5.74) is 4.06. The van der Waals surface area contributed by atoms with Crippen LogP contribution in [-0.2, 0) is 13.5 Å². The van der Waals surface area contributed by atoms with Crippen LogP contribution in [0.1, 0.15) is 49.0 Å². The van der Waals surface area contributed by atoms with Crippen molar-refractivity contribution in [3.8, 4) is 0 Å². The monoisotopic (exact) mass is 352 g/mol. The lowest BCUT2D eigenvalue weighted by atomic mass is 10.0. The van der Waals surface area contributed by atoms with E-state index in [1.165, 1.54) is 0 Å². The first-order valence-corrected chi connectivity index (χ1v) is 7.99. The van der Waals surface area contributed by atoms with Crippen molar-refractivity contribution in [1.82, 2.24) is 30.5 Å². The van der Waals surface area contributed by atoms with Gasteiger partial charge in [0.1, 0.15) is 0 Å². The zero-order valence-electron chi connectivity index (χ0n) is 12.9. The van der Waals surface area contributed by atoms with Crippen LogP contribution in [-0.4, -0.2) is 31.7 Å². The van der Waals surface area contributed by atoms with Crippen molar-refractivity contribution in [3.63, 3.8) is 0 Å². The third-order valence-electron chi connectivity index (χ3n) is 3.37. The molecule has 0 aliphatic rings. The average molecular weight is 353 g/mol. The Bertz CT molecular complexity index is 590. The molecule has 2 heterocycles. The molecule has 0 aliphatic carbocycles. The van der Waals surface area contributed by atoms with Gasteiger partial charge in [0.05, 0.1) is 23.1 Å². The molecule has 0 fully saturated rings. The maximum atomic E-state index is 4.34. The Labute approximate surface area is 133 Å². The van der Waals surface area contributed by atoms with Crippen molar-refractivity contribution in [2.24, 2.45) is 7.05 Å². The van der Waals surface area contributed by atoms with E-state index < -0.39 is 0 Å². The van der Waals surface area contributed by atoms with Crippen molar-refractivity contribution in [3.05, 3.63) is 33.3 Å². The molecule has 2 rings (SSSR count). The van der Waals surface area contributed by atoms with E-state index in [0.717, 1.165) is 46.6 Å². The van der Waals surface area contributed by atoms with Gasteiger partial charge in [0.25, 0.3) is 0 Å². The topological polar surface area (TPSA) is 68.5 Å². The summed E-state index contributed by atoms with van der Waals surface area (Å²) < 4.78 is 2.56. The van der Waals surface area contributed by atoms with Crippen LogP contribution < -0.4 is 5.32 Å². The van der Waals surface area contributed by atoms with Crippen LogP contribution in [0, 0.1) is 6.92 Å². The molecular formula is C14H21BrN6. The molecule has 1 atom stereocenters. The maximum absolute atomic E-state index is 4.34. The van der Waals surface area contributed by atoms with Crippen LogP contribution in [0.15, 0.2) is 10.7 Å². The summed E-state index contributed by atoms with van der Waals surface area (Å²) in [7, 11) is 1.90. The Morgan fingerprint density at radius 3 is 2.62 bits per heavy atom. The molecule has 2 aromatic heterocycles. The summed E-state index contributed by atoms with van der Waals surface area (Å²) in [4.78, 5) is 0. The van der Waals surface area contributed by atoms with Gasteiger partial charge in [-0.1, -0.05) is 19.1 Å². The largest absolute Gasteiger partial charge is 0.305 e. The quantitative estimate of drug-likeness (QED) is 0.863. The Balaban J connectivity index is 2.53. The number of halogens is 1. The summed E-state index contributed by atoms with van der Waals surface area (Å²) in [6.45, 7) is 7.11. The van der Waals surface area contributed by atoms with Gasteiger partial charge in [0.2, 0.25) is 0 Å². The lowest BCUT2D eigenvalue weighted by Gasteiger charge is -2.21. The predicted molar refractivity (Wildman–Crippen MR) is 85.0 cm³/mol. The van der Waals surface area contributed by atoms with Crippen LogP contribution in [0.5, 0.6) is 0 Å². The molecule has 114 valence electrons. The molecule has 2 aromatic rings. The molecule has 0 saturated heterocycles. The first-order valence-electron chi connectivity index (χ1n) is 7.20. The highest BCUT2D eigenvalue weighted by atomic mass is 79.9. The van der Waals surface area contributed by atoms with Crippen LogP contribution in [0.4, 0.5) is 0 Å². The summed E-state index contributed by atoms with van der Waals surface area (Å²) >= 11 is 3.50. The van der Waals surface area contributed by atoms with Gasteiger partial charge in [0.15, 0.2) is 4.60 Å². The highest BCUT2D eigenvalue weighted by Gasteiger charge is 2.24. The van der Waals surface area contributed by atoms with E-state index in [1.54, 1.807) is 4.68 Å². The minimum atomic E-state index is 0.00322. The van der Waals surface area contributed by atoms with Gasteiger partial charge in [-0.2, -0.15) is 10.2 Å². The maximum Gasteiger partial charge on any atom is 0.153 e. The molecule has 0 aromatic carbocycles. The number of aromatic nitrogens is 5. The lowest BCUT2D eigenvalue weighted by Crippen LogP contribution is -2.27. The van der Waals surface area contributed by atoms with Gasteiger partial charge in [-0.25, -0.2) is 4.68 Å². The summed E-state index contributed by atoms with van der Waals surface area (Å²) in [5.74, 6) is 0. The minimum Gasteiger partial charge on any atom is -0.305 e. The number of hydrogen-bond donors (Lipinski definition) is 1. The molecule has 6 nitrogen and oxygen atoms in total. The second-order valence-corrected chi connectivity index (χ2v) is 5.77. The molecule has 1 N–H and O–H groups in total. The third kappa shape index (κ3) is 3.47. The SMILES string of the molecule is CCCNC(c1cc(C)nnc1CC)c1c(Br)nnn1C. The van der Waals surface area contributed by atoms with E-state index in [9.17, 15) is 0 Å². The predicted octanol–water partition coefficient (Wildman–Crippen LogP) is 2.33. The second kappa shape index (κ2) is 7.09. The zero-order chi connectivity index (χ0) is 15.4. The first kappa shape index (κ1) is 16.0. The number of aryl methyl sites for hydroxylation is 3. The van der Waals surface area contributed by atoms with Gasteiger partial charge in [-0.3, -0.25) is 0 Å². The van der Waals surface area contributed by atoms with Crippen LogP contribution in [0.2, 0.25) is 0 Å². The zero-order valence-corrected chi connectivity index (χ0v) is 14.5. The molecule has 0 radical (unpaired) electrons. The number of hydrogen-bond acceptors (Lipinski definition) is 5. The van der Waals surface area contributed by atoms with E-state index in [4.69, 9.17) is 0 Å². The molecule has 1 unspecified atom stereocenters. The molecule has 0 spiro atoms. The fourth-order valence-electron chi connectivity index (χ4n) is 2.35. The van der Waals surface area contributed by atoms with Gasteiger partial charge >= 0.3 is 0 Å². The second-order valence-electron chi connectivity index (χ2n) is 5.02. The van der Waals surface area contributed by atoms with Gasteiger partial charge in [0, 0.05) is 12.6 Å². The summed E-state index contributed by atoms with van der Waals surface area (Å²) in [6, 6.07) is 2.10. The van der Waals surface area contributed by atoms with Crippen molar-refractivity contribution >= 4 is 15.9 Å². The lowest BCUT2D eigenvalue weighted by molar-refractivity contribution is 0.542. The summed E-state index contributed by atoms with van der Waals surface area (Å²) in [6.07, 6.45) is 1.90. The standard InChI is InChI=1S/C14H21BrN6/c1-5-7-16-12(13-14(15)19-20-21(13)4)10-8-9(3)17-18-11(10)6-2/h8,12,16H,5-7H2,1-4H3. The molecule has 0 amide bonds. The minimum absolute atomic E-state index is 0.00322. The van der Waals surface area contributed by atoms with Gasteiger partial charge < -0.3 is 5.32 Å². The molecule has 21 heavy (non-hydrogen) atoms. The smallest absolute Gasteiger partial charge is 0.153 e. The Morgan fingerprint density at radius 2 is 2.05 bits per heavy atom. The molecule has 0 bridgehead atoms. The number of nitrogens with one attached hydrogen (secondary N) is 1. The molecule has 7 heteroatoms. The van der Waals surface area contributed by atoms with E-state index >= 15 is 0 Å². The first-order chi connectivity index (χ1) is 10.1. The molecule has 0 aliphatic heterocycles. The number of rotatable bonds is 6. The van der Waals surface area contributed by atoms with E-state index in [0.29, 0.717) is 0 Å². The van der Waals surface area contributed by atoms with Crippen molar-refractivity contribution in [1.29, 1.82) is 0 Å². The molecule has 0 saturated carbocycles. The highest BCUT2D eigenvalue weighted by molar-refractivity contribution is 9.10. The Kier molecular flexibility index (Phi) is 5.41. The number of nitrogens with zero attached hydrogens (tertiary/aromatic N) is 5.